The Morgan fingerprint density at radius 1 is 0.696 bits per heavy atom. The lowest BCUT2D eigenvalue weighted by Gasteiger charge is -2.45. The molecule has 0 aliphatic carbocycles. The molecule has 1 spiro atoms. The zero-order chi connectivity index (χ0) is 35.3. The van der Waals surface area contributed by atoms with Crippen molar-refractivity contribution < 1.29 is 74.0 Å². The number of pyridine rings is 2. The maximum Gasteiger partial charge on any atom is 0.490 e. The van der Waals surface area contributed by atoms with E-state index < -0.39 is 36.4 Å². The molecule has 3 N–H and O–H groups in total. The molecule has 2 aliphatic heterocycles. The summed E-state index contributed by atoms with van der Waals surface area (Å²) < 4.78 is 95.2. The number of hydrogen-bond donors (Lipinski definition) is 3. The third-order valence-electron chi connectivity index (χ3n) is 6.41. The van der Waals surface area contributed by atoms with Crippen molar-refractivity contribution in [2.75, 3.05) is 13.1 Å². The van der Waals surface area contributed by atoms with E-state index in [9.17, 15) is 44.3 Å². The van der Waals surface area contributed by atoms with E-state index in [4.69, 9.17) is 29.7 Å². The van der Waals surface area contributed by atoms with Crippen molar-refractivity contribution in [3.05, 3.63) is 60.2 Å². The Balaban J connectivity index is 0.000000413. The molecule has 4 heterocycles. The first-order valence-corrected chi connectivity index (χ1v) is 12.8. The Kier molecular flexibility index (Phi) is 14.4. The lowest BCUT2D eigenvalue weighted by molar-refractivity contribution is -0.193. The van der Waals surface area contributed by atoms with Crippen molar-refractivity contribution >= 4 is 23.8 Å². The summed E-state index contributed by atoms with van der Waals surface area (Å²) in [6.07, 6.45) is -4.08. The smallest absolute Gasteiger partial charge is 0.475 e. The molecule has 4 rings (SSSR count). The summed E-state index contributed by atoms with van der Waals surface area (Å²) in [4.78, 5) is 52.1. The van der Waals surface area contributed by atoms with Crippen molar-refractivity contribution in [3.8, 4) is 0 Å². The van der Waals surface area contributed by atoms with E-state index in [1.54, 1.807) is 12.4 Å². The number of carbonyl (C=O) groups excluding carboxylic acids is 1. The minimum absolute atomic E-state index is 0.0474. The zero-order valence-electron chi connectivity index (χ0n) is 23.4. The molecule has 1 amide bonds. The van der Waals surface area contributed by atoms with Gasteiger partial charge in [0.05, 0.1) is 0 Å². The Morgan fingerprint density at radius 2 is 1.15 bits per heavy atom. The van der Waals surface area contributed by atoms with E-state index in [2.05, 4.69) is 25.8 Å². The van der Waals surface area contributed by atoms with Crippen LogP contribution in [-0.4, -0.2) is 96.1 Å². The van der Waals surface area contributed by atoms with Gasteiger partial charge in [0.15, 0.2) is 0 Å². The zero-order valence-corrected chi connectivity index (χ0v) is 23.4. The van der Waals surface area contributed by atoms with Gasteiger partial charge in [-0.1, -0.05) is 6.07 Å². The summed E-state index contributed by atoms with van der Waals surface area (Å²) >= 11 is 0. The summed E-state index contributed by atoms with van der Waals surface area (Å²) in [6, 6.07) is 8.15. The number of likely N-dealkylation sites (tertiary alicyclic amines) is 2. The Labute approximate surface area is 254 Å². The predicted octanol–water partition coefficient (Wildman–Crippen LogP) is 4.53. The Morgan fingerprint density at radius 3 is 1.54 bits per heavy atom. The number of halogens is 9. The van der Waals surface area contributed by atoms with Crippen LogP contribution in [0.15, 0.2) is 49.1 Å². The van der Waals surface area contributed by atoms with Gasteiger partial charge in [-0.15, -0.1) is 0 Å². The first-order valence-electron chi connectivity index (χ1n) is 12.8. The second kappa shape index (κ2) is 16.7. The molecule has 20 heteroatoms. The lowest BCUT2D eigenvalue weighted by Crippen LogP contribution is -2.52. The predicted molar refractivity (Wildman–Crippen MR) is 137 cm³/mol. The standard InChI is InChI=1S/C20H24N4O.3C2HF3O2/c25-19-3-6-20(24(19)16-17-4-10-21-11-5-17)7-12-23(13-8-20)15-18-2-1-9-22-14-18;3*3-2(4,5)1(6)7/h1-2,4-5,9-11,14H,3,6-8,12-13,15-16H2;3*(H,6,7). The van der Waals surface area contributed by atoms with E-state index in [-0.39, 0.29) is 5.54 Å². The lowest BCUT2D eigenvalue weighted by atomic mass is 9.84. The van der Waals surface area contributed by atoms with Crippen molar-refractivity contribution in [2.24, 2.45) is 0 Å². The van der Waals surface area contributed by atoms with Crippen LogP contribution in [0.2, 0.25) is 0 Å². The van der Waals surface area contributed by atoms with Crippen molar-refractivity contribution in [1.29, 1.82) is 0 Å². The largest absolute Gasteiger partial charge is 0.490 e. The van der Waals surface area contributed by atoms with E-state index in [1.807, 2.05) is 30.6 Å². The first kappa shape index (κ1) is 39.5. The molecule has 11 nitrogen and oxygen atoms in total. The van der Waals surface area contributed by atoms with E-state index in [1.165, 1.54) is 11.1 Å². The molecule has 0 unspecified atom stereocenters. The molecule has 0 bridgehead atoms. The highest BCUT2D eigenvalue weighted by Gasteiger charge is 2.46. The molecule has 2 aromatic rings. The topological polar surface area (TPSA) is 161 Å². The fourth-order valence-corrected chi connectivity index (χ4v) is 4.20. The summed E-state index contributed by atoms with van der Waals surface area (Å²) in [5.74, 6) is -7.97. The maximum atomic E-state index is 12.5. The van der Waals surface area contributed by atoms with Gasteiger partial charge in [-0.3, -0.25) is 19.7 Å². The van der Waals surface area contributed by atoms with Crippen LogP contribution in [0.4, 0.5) is 39.5 Å². The number of rotatable bonds is 4. The van der Waals surface area contributed by atoms with Crippen LogP contribution in [0.3, 0.4) is 0 Å². The number of nitrogens with zero attached hydrogens (tertiary/aromatic N) is 4. The highest BCUT2D eigenvalue weighted by Crippen LogP contribution is 2.40. The number of aliphatic carboxylic acids is 3. The average Bonchev–Trinajstić information content (AvgIpc) is 3.25. The Hall–Kier alpha value is -4.49. The van der Waals surface area contributed by atoms with Gasteiger partial charge in [-0.05, 0) is 48.6 Å². The fraction of sp³-hybridized carbons (Fsp3) is 0.462. The second-order valence-electron chi connectivity index (χ2n) is 9.61. The van der Waals surface area contributed by atoms with Crippen LogP contribution in [-0.2, 0) is 32.3 Å². The summed E-state index contributed by atoms with van der Waals surface area (Å²) in [5.41, 5.74) is 2.48. The minimum Gasteiger partial charge on any atom is -0.475 e. The van der Waals surface area contributed by atoms with Crippen LogP contribution in [0.1, 0.15) is 36.8 Å². The Bertz CT molecular complexity index is 1230. The number of carbonyl (C=O) groups is 4. The summed E-state index contributed by atoms with van der Waals surface area (Å²) in [7, 11) is 0. The van der Waals surface area contributed by atoms with Crippen molar-refractivity contribution in [3.63, 3.8) is 0 Å². The van der Waals surface area contributed by atoms with Gasteiger partial charge >= 0.3 is 36.4 Å². The van der Waals surface area contributed by atoms with Crippen LogP contribution < -0.4 is 0 Å². The highest BCUT2D eigenvalue weighted by molar-refractivity contribution is 5.79. The molecule has 2 fully saturated rings. The number of carboxylic acid groups (broad SMARTS) is 3. The van der Waals surface area contributed by atoms with Crippen LogP contribution in [0.25, 0.3) is 0 Å². The molecule has 0 saturated carbocycles. The van der Waals surface area contributed by atoms with E-state index >= 15 is 0 Å². The third-order valence-corrected chi connectivity index (χ3v) is 6.41. The highest BCUT2D eigenvalue weighted by atomic mass is 19.4. The summed E-state index contributed by atoms with van der Waals surface area (Å²) in [5, 5.41) is 21.4. The molecular weight excluding hydrogens is 651 g/mol. The van der Waals surface area contributed by atoms with Gasteiger partial charge in [0, 0.05) is 62.9 Å². The molecule has 2 saturated heterocycles. The van der Waals surface area contributed by atoms with Crippen LogP contribution in [0, 0.1) is 0 Å². The number of piperidine rings is 1. The minimum atomic E-state index is -5.08. The number of carboxylic acids is 3. The van der Waals surface area contributed by atoms with Gasteiger partial charge in [0.2, 0.25) is 5.91 Å². The SMILES string of the molecule is O=C(O)C(F)(F)F.O=C(O)C(F)(F)F.O=C(O)C(F)(F)F.O=C1CCC2(CCN(Cc3cccnc3)CC2)N1Cc1ccncc1. The monoisotopic (exact) mass is 678 g/mol. The number of amides is 1. The van der Waals surface area contributed by atoms with Crippen molar-refractivity contribution in [1.82, 2.24) is 19.8 Å². The molecule has 2 aliphatic rings. The molecule has 2 aromatic heterocycles. The van der Waals surface area contributed by atoms with Gasteiger partial charge in [-0.2, -0.15) is 39.5 Å². The van der Waals surface area contributed by atoms with Crippen molar-refractivity contribution in [2.45, 2.75) is 62.8 Å². The second-order valence-corrected chi connectivity index (χ2v) is 9.61. The number of hydrogen-bond acceptors (Lipinski definition) is 7. The average molecular weight is 679 g/mol. The quantitative estimate of drug-likeness (QED) is 0.392. The van der Waals surface area contributed by atoms with E-state index in [0.717, 1.165) is 38.9 Å². The molecule has 0 aromatic carbocycles. The summed E-state index contributed by atoms with van der Waals surface area (Å²) in [6.45, 7) is 3.73. The van der Waals surface area contributed by atoms with Crippen LogP contribution >= 0.6 is 0 Å². The number of aromatic nitrogens is 2. The molecule has 0 atom stereocenters. The van der Waals surface area contributed by atoms with Gasteiger partial charge < -0.3 is 20.2 Å². The normalized spacial score (nSPS) is 16.2. The fourth-order valence-electron chi connectivity index (χ4n) is 4.20. The molecule has 46 heavy (non-hydrogen) atoms. The molecular formula is C26H27F9N4O7. The third kappa shape index (κ3) is 13.7. The van der Waals surface area contributed by atoms with E-state index in [0.29, 0.717) is 18.9 Å². The van der Waals surface area contributed by atoms with Gasteiger partial charge in [-0.25, -0.2) is 14.4 Å². The van der Waals surface area contributed by atoms with Gasteiger partial charge in [0.1, 0.15) is 0 Å². The molecule has 0 radical (unpaired) electrons. The van der Waals surface area contributed by atoms with Gasteiger partial charge in [0.25, 0.3) is 0 Å². The van der Waals surface area contributed by atoms with Crippen LogP contribution in [0.5, 0.6) is 0 Å². The molecule has 256 valence electrons. The maximum absolute atomic E-state index is 12.5. The first-order chi connectivity index (χ1) is 21.1. The number of alkyl halides is 9.